The van der Waals surface area contributed by atoms with Crippen LogP contribution in [0.4, 0.5) is 5.69 Å². The first-order valence-corrected chi connectivity index (χ1v) is 8.09. The summed E-state index contributed by atoms with van der Waals surface area (Å²) in [7, 11) is 3.71. The maximum atomic E-state index is 12.5. The molecule has 0 bridgehead atoms. The normalized spacial score (nSPS) is 17.0. The molecule has 1 aliphatic rings. The molecule has 1 atom stereocenters. The number of carbonyl (C=O) groups is 1. The van der Waals surface area contributed by atoms with Crippen molar-refractivity contribution in [3.63, 3.8) is 0 Å². The Bertz CT molecular complexity index is 562. The van der Waals surface area contributed by atoms with Crippen LogP contribution in [0.3, 0.4) is 0 Å². The van der Waals surface area contributed by atoms with Crippen molar-refractivity contribution in [1.82, 2.24) is 15.1 Å². The van der Waals surface area contributed by atoms with E-state index in [4.69, 9.17) is 0 Å². The third kappa shape index (κ3) is 3.87. The number of hydrogen-bond acceptors (Lipinski definition) is 4. The van der Waals surface area contributed by atoms with Crippen molar-refractivity contribution in [1.29, 1.82) is 0 Å². The zero-order valence-corrected chi connectivity index (χ0v) is 13.7. The molecule has 122 valence electrons. The van der Waals surface area contributed by atoms with Crippen molar-refractivity contribution in [3.8, 4) is 0 Å². The summed E-state index contributed by atoms with van der Waals surface area (Å²) in [6, 6.07) is 1.22. The third-order valence-corrected chi connectivity index (χ3v) is 4.26. The number of amides is 1. The number of nitrogens with one attached hydrogen (secondary N) is 1. The molecule has 1 saturated carbocycles. The van der Waals surface area contributed by atoms with Crippen molar-refractivity contribution in [2.75, 3.05) is 19.0 Å². The van der Waals surface area contributed by atoms with E-state index in [9.17, 15) is 9.59 Å². The lowest BCUT2D eigenvalue weighted by molar-refractivity contribution is -0.125. The van der Waals surface area contributed by atoms with Crippen LogP contribution in [0.5, 0.6) is 0 Å². The van der Waals surface area contributed by atoms with E-state index in [1.807, 2.05) is 25.9 Å². The summed E-state index contributed by atoms with van der Waals surface area (Å²) in [5.41, 5.74) is 0.501. The molecular formula is C16H26N4O2. The lowest BCUT2D eigenvalue weighted by Crippen LogP contribution is -2.43. The molecule has 1 aromatic heterocycles. The molecule has 1 aliphatic carbocycles. The molecule has 1 aromatic rings. The fourth-order valence-corrected chi connectivity index (χ4v) is 2.90. The van der Waals surface area contributed by atoms with E-state index >= 15 is 0 Å². The Morgan fingerprint density at radius 2 is 2.09 bits per heavy atom. The van der Waals surface area contributed by atoms with Gasteiger partial charge in [-0.2, -0.15) is 5.10 Å². The predicted octanol–water partition coefficient (Wildman–Crippen LogP) is 1.71. The van der Waals surface area contributed by atoms with Crippen molar-refractivity contribution >= 4 is 11.6 Å². The van der Waals surface area contributed by atoms with E-state index in [1.54, 1.807) is 6.20 Å². The smallest absolute Gasteiger partial charge is 0.269 e. The van der Waals surface area contributed by atoms with E-state index in [-0.39, 0.29) is 17.5 Å². The van der Waals surface area contributed by atoms with Crippen molar-refractivity contribution in [2.24, 2.45) is 0 Å². The van der Waals surface area contributed by atoms with Gasteiger partial charge in [0, 0.05) is 26.2 Å². The molecule has 6 heteroatoms. The van der Waals surface area contributed by atoms with Gasteiger partial charge in [-0.05, 0) is 19.3 Å². The highest BCUT2D eigenvalue weighted by Crippen LogP contribution is 2.19. The molecule has 1 heterocycles. The lowest BCUT2D eigenvalue weighted by atomic mass is 9.95. The van der Waals surface area contributed by atoms with Gasteiger partial charge < -0.3 is 10.2 Å². The zero-order valence-electron chi connectivity index (χ0n) is 13.7. The van der Waals surface area contributed by atoms with Crippen LogP contribution in [0.1, 0.15) is 51.5 Å². The highest BCUT2D eigenvalue weighted by Gasteiger charge is 2.24. The molecule has 0 spiro atoms. The molecule has 0 aliphatic heterocycles. The van der Waals surface area contributed by atoms with Crippen molar-refractivity contribution in [3.05, 3.63) is 22.6 Å². The van der Waals surface area contributed by atoms with E-state index < -0.39 is 6.04 Å². The highest BCUT2D eigenvalue weighted by molar-refractivity contribution is 5.80. The first-order valence-electron chi connectivity index (χ1n) is 8.09. The number of anilines is 1. The Morgan fingerprint density at radius 1 is 1.41 bits per heavy atom. The summed E-state index contributed by atoms with van der Waals surface area (Å²) in [4.78, 5) is 26.5. The summed E-state index contributed by atoms with van der Waals surface area (Å²) < 4.78 is 1.30. The van der Waals surface area contributed by atoms with Crippen LogP contribution in [0.25, 0.3) is 0 Å². The summed E-state index contributed by atoms with van der Waals surface area (Å²) in [5.74, 6) is -0.0957. The van der Waals surface area contributed by atoms with E-state index in [0.29, 0.717) is 6.42 Å². The number of aromatic nitrogens is 2. The molecular weight excluding hydrogens is 280 g/mol. The monoisotopic (exact) mass is 306 g/mol. The van der Waals surface area contributed by atoms with Crippen LogP contribution >= 0.6 is 0 Å². The van der Waals surface area contributed by atoms with Crippen molar-refractivity contribution in [2.45, 2.75) is 57.5 Å². The Balaban J connectivity index is 2.13. The van der Waals surface area contributed by atoms with Crippen LogP contribution in [-0.4, -0.2) is 35.8 Å². The molecule has 2 rings (SSSR count). The predicted molar refractivity (Wildman–Crippen MR) is 87.2 cm³/mol. The first-order chi connectivity index (χ1) is 10.5. The Kier molecular flexibility index (Phi) is 5.57. The van der Waals surface area contributed by atoms with Crippen LogP contribution in [0, 0.1) is 0 Å². The molecule has 0 radical (unpaired) electrons. The largest absolute Gasteiger partial charge is 0.376 e. The average Bonchev–Trinajstić information content (AvgIpc) is 2.50. The van der Waals surface area contributed by atoms with Gasteiger partial charge in [0.2, 0.25) is 5.91 Å². The minimum atomic E-state index is -0.536. The van der Waals surface area contributed by atoms with E-state index in [1.165, 1.54) is 17.2 Å². The second kappa shape index (κ2) is 7.42. The average molecular weight is 306 g/mol. The zero-order chi connectivity index (χ0) is 16.1. The standard InChI is InChI=1S/C16H26N4O2/c1-4-14(16(22)18-12-8-6-5-7-9-12)20-15(21)10-13(11-17-20)19(2)3/h10-12,14H,4-9H2,1-3H3,(H,18,22). The molecule has 1 N–H and O–H groups in total. The summed E-state index contributed by atoms with van der Waals surface area (Å²) in [5, 5.41) is 7.27. The number of hydrogen-bond donors (Lipinski definition) is 1. The number of rotatable bonds is 5. The molecule has 0 aromatic carbocycles. The van der Waals surface area contributed by atoms with Crippen LogP contribution in [0.2, 0.25) is 0 Å². The minimum absolute atomic E-state index is 0.0957. The third-order valence-electron chi connectivity index (χ3n) is 4.26. The molecule has 22 heavy (non-hydrogen) atoms. The molecule has 1 unspecified atom stereocenters. The topological polar surface area (TPSA) is 67.2 Å². The second-order valence-electron chi connectivity index (χ2n) is 6.16. The van der Waals surface area contributed by atoms with Crippen molar-refractivity contribution < 1.29 is 4.79 Å². The van der Waals surface area contributed by atoms with Gasteiger partial charge in [0.05, 0.1) is 11.9 Å². The second-order valence-corrected chi connectivity index (χ2v) is 6.16. The van der Waals surface area contributed by atoms with Gasteiger partial charge in [-0.1, -0.05) is 26.2 Å². The quantitative estimate of drug-likeness (QED) is 0.899. The Labute approximate surface area is 131 Å². The number of nitrogens with zero attached hydrogens (tertiary/aromatic N) is 3. The van der Waals surface area contributed by atoms with Gasteiger partial charge >= 0.3 is 0 Å². The Morgan fingerprint density at radius 3 is 2.64 bits per heavy atom. The van der Waals surface area contributed by atoms with Crippen LogP contribution in [-0.2, 0) is 4.79 Å². The summed E-state index contributed by atoms with van der Waals surface area (Å²) >= 11 is 0. The Hall–Kier alpha value is -1.85. The maximum absolute atomic E-state index is 12.5. The molecule has 1 amide bonds. The molecule has 0 saturated heterocycles. The van der Waals surface area contributed by atoms with Gasteiger partial charge in [0.15, 0.2) is 0 Å². The van der Waals surface area contributed by atoms with Gasteiger partial charge in [-0.3, -0.25) is 9.59 Å². The van der Waals surface area contributed by atoms with E-state index in [0.717, 1.165) is 31.4 Å². The van der Waals surface area contributed by atoms with E-state index in [2.05, 4.69) is 10.4 Å². The van der Waals surface area contributed by atoms with Crippen LogP contribution < -0.4 is 15.8 Å². The highest BCUT2D eigenvalue weighted by atomic mass is 16.2. The SMILES string of the molecule is CCC(C(=O)NC1CCCCC1)n1ncc(N(C)C)cc1=O. The number of carbonyl (C=O) groups excluding carboxylic acids is 1. The molecule has 6 nitrogen and oxygen atoms in total. The van der Waals surface area contributed by atoms with Gasteiger partial charge in [-0.15, -0.1) is 0 Å². The lowest BCUT2D eigenvalue weighted by Gasteiger charge is -2.25. The van der Waals surface area contributed by atoms with Gasteiger partial charge in [0.1, 0.15) is 6.04 Å². The fourth-order valence-electron chi connectivity index (χ4n) is 2.90. The maximum Gasteiger partial charge on any atom is 0.269 e. The summed E-state index contributed by atoms with van der Waals surface area (Å²) in [6.07, 6.45) is 7.81. The molecule has 1 fully saturated rings. The van der Waals surface area contributed by atoms with Gasteiger partial charge in [-0.25, -0.2) is 4.68 Å². The first kappa shape index (κ1) is 16.5. The minimum Gasteiger partial charge on any atom is -0.376 e. The van der Waals surface area contributed by atoms with Gasteiger partial charge in [0.25, 0.3) is 5.56 Å². The fraction of sp³-hybridized carbons (Fsp3) is 0.688. The van der Waals surface area contributed by atoms with Crippen LogP contribution in [0.15, 0.2) is 17.1 Å². The summed E-state index contributed by atoms with van der Waals surface area (Å²) in [6.45, 7) is 1.90.